The molecule has 0 aromatic carbocycles. The van der Waals surface area contributed by atoms with Gasteiger partial charge in [-0.1, -0.05) is 19.9 Å². The molecule has 1 amide bonds. The van der Waals surface area contributed by atoms with Crippen molar-refractivity contribution in [3.63, 3.8) is 0 Å². The van der Waals surface area contributed by atoms with Gasteiger partial charge in [0.15, 0.2) is 5.11 Å². The molecule has 0 aliphatic carbocycles. The van der Waals surface area contributed by atoms with Crippen LogP contribution >= 0.6 is 12.2 Å². The Morgan fingerprint density at radius 3 is 2.89 bits per heavy atom. The van der Waals surface area contributed by atoms with Crippen molar-refractivity contribution in [3.05, 3.63) is 35.8 Å². The van der Waals surface area contributed by atoms with Gasteiger partial charge in [0.05, 0.1) is 5.69 Å². The van der Waals surface area contributed by atoms with Crippen LogP contribution in [0.3, 0.4) is 0 Å². The highest BCUT2D eigenvalue weighted by Crippen LogP contribution is 2.14. The Bertz CT molecular complexity index is 496. The molecule has 1 aromatic rings. The molecule has 0 unspecified atom stereocenters. The van der Waals surface area contributed by atoms with E-state index < -0.39 is 0 Å². The molecule has 1 aromatic heterocycles. The van der Waals surface area contributed by atoms with Crippen LogP contribution in [0.5, 0.6) is 0 Å². The summed E-state index contributed by atoms with van der Waals surface area (Å²) in [6.45, 7) is 4.73. The first-order valence-corrected chi connectivity index (χ1v) is 6.24. The summed E-state index contributed by atoms with van der Waals surface area (Å²) in [6, 6.07) is 5.56. The zero-order valence-electron chi connectivity index (χ0n) is 10.4. The fourth-order valence-electron chi connectivity index (χ4n) is 1.71. The second-order valence-electron chi connectivity index (χ2n) is 4.55. The number of aromatic nitrogens is 1. The molecule has 2 heterocycles. The molecule has 0 spiro atoms. The number of nitrogens with zero attached hydrogens (tertiary/aromatic N) is 2. The van der Waals surface area contributed by atoms with Crippen LogP contribution in [0.15, 0.2) is 30.1 Å². The largest absolute Gasteiger partial charge is 0.328 e. The number of carbonyl (C=O) groups is 1. The fourth-order valence-corrected chi connectivity index (χ4v) is 1.98. The van der Waals surface area contributed by atoms with Gasteiger partial charge in [0.2, 0.25) is 0 Å². The molecular weight excluding hydrogens is 246 g/mol. The highest BCUT2D eigenvalue weighted by Gasteiger charge is 2.30. The first kappa shape index (κ1) is 12.7. The lowest BCUT2D eigenvalue weighted by molar-refractivity contribution is -0.122. The zero-order chi connectivity index (χ0) is 13.1. The molecule has 1 aliphatic heterocycles. The lowest BCUT2D eigenvalue weighted by Gasteiger charge is -2.15. The number of nitrogens with one attached hydrogen (secondary N) is 1. The maximum absolute atomic E-state index is 12.1. The minimum atomic E-state index is -0.0839. The van der Waals surface area contributed by atoms with Gasteiger partial charge in [-0.05, 0) is 36.3 Å². The Hall–Kier alpha value is -1.75. The average molecular weight is 261 g/mol. The van der Waals surface area contributed by atoms with Crippen molar-refractivity contribution in [2.24, 2.45) is 5.92 Å². The number of pyridine rings is 1. The predicted molar refractivity (Wildman–Crippen MR) is 74.5 cm³/mol. The third-order valence-corrected chi connectivity index (χ3v) is 2.81. The van der Waals surface area contributed by atoms with Crippen molar-refractivity contribution < 1.29 is 4.79 Å². The summed E-state index contributed by atoms with van der Waals surface area (Å²) in [4.78, 5) is 17.9. The van der Waals surface area contributed by atoms with E-state index in [2.05, 4.69) is 24.1 Å². The number of carbonyl (C=O) groups excluding carboxylic acids is 1. The van der Waals surface area contributed by atoms with Crippen molar-refractivity contribution in [1.29, 1.82) is 0 Å². The third kappa shape index (κ3) is 2.73. The molecule has 5 heteroatoms. The van der Waals surface area contributed by atoms with Crippen LogP contribution in [0, 0.1) is 5.92 Å². The van der Waals surface area contributed by atoms with Crippen LogP contribution < -0.4 is 5.32 Å². The van der Waals surface area contributed by atoms with Gasteiger partial charge in [-0.3, -0.25) is 14.7 Å². The first-order valence-electron chi connectivity index (χ1n) is 5.83. The first-order chi connectivity index (χ1) is 8.58. The summed E-state index contributed by atoms with van der Waals surface area (Å²) >= 11 is 5.16. The Morgan fingerprint density at radius 1 is 1.50 bits per heavy atom. The van der Waals surface area contributed by atoms with E-state index in [0.29, 0.717) is 23.3 Å². The van der Waals surface area contributed by atoms with Crippen molar-refractivity contribution in [2.45, 2.75) is 13.8 Å². The van der Waals surface area contributed by atoms with Gasteiger partial charge in [-0.15, -0.1) is 0 Å². The SMILES string of the molecule is CC(C)CN1C(=O)/C(=C\c2ccccn2)NC1=S. The summed E-state index contributed by atoms with van der Waals surface area (Å²) in [7, 11) is 0. The van der Waals surface area contributed by atoms with Gasteiger partial charge >= 0.3 is 0 Å². The van der Waals surface area contributed by atoms with E-state index in [1.807, 2.05) is 18.2 Å². The lowest BCUT2D eigenvalue weighted by Crippen LogP contribution is -2.33. The molecule has 0 radical (unpaired) electrons. The molecule has 18 heavy (non-hydrogen) atoms. The molecule has 2 rings (SSSR count). The number of amides is 1. The van der Waals surface area contributed by atoms with Crippen molar-refractivity contribution in [1.82, 2.24) is 15.2 Å². The molecule has 0 bridgehead atoms. The van der Waals surface area contributed by atoms with Gasteiger partial charge in [0.25, 0.3) is 5.91 Å². The van der Waals surface area contributed by atoms with Crippen molar-refractivity contribution in [3.8, 4) is 0 Å². The summed E-state index contributed by atoms with van der Waals surface area (Å²) in [5.74, 6) is 0.294. The quantitative estimate of drug-likeness (QED) is 0.665. The average Bonchev–Trinajstić information content (AvgIpc) is 2.58. The number of rotatable bonds is 3. The Balaban J connectivity index is 2.20. The van der Waals surface area contributed by atoms with E-state index >= 15 is 0 Å². The topological polar surface area (TPSA) is 45.2 Å². The molecule has 94 valence electrons. The van der Waals surface area contributed by atoms with Crippen LogP contribution in [0.4, 0.5) is 0 Å². The van der Waals surface area contributed by atoms with E-state index in [1.54, 1.807) is 17.2 Å². The molecule has 1 N–H and O–H groups in total. The lowest BCUT2D eigenvalue weighted by atomic mass is 10.2. The highest BCUT2D eigenvalue weighted by atomic mass is 32.1. The molecular formula is C13H15N3OS. The smallest absolute Gasteiger partial charge is 0.276 e. The summed E-state index contributed by atoms with van der Waals surface area (Å²) in [5, 5.41) is 3.40. The van der Waals surface area contributed by atoms with Gasteiger partial charge in [-0.25, -0.2) is 0 Å². The van der Waals surface area contributed by atoms with Crippen molar-refractivity contribution in [2.75, 3.05) is 6.54 Å². The van der Waals surface area contributed by atoms with E-state index in [9.17, 15) is 4.79 Å². The van der Waals surface area contributed by atoms with E-state index in [-0.39, 0.29) is 5.91 Å². The monoisotopic (exact) mass is 261 g/mol. The molecule has 0 saturated carbocycles. The molecule has 4 nitrogen and oxygen atoms in total. The van der Waals surface area contributed by atoms with Crippen LogP contribution in [-0.2, 0) is 4.79 Å². The minimum Gasteiger partial charge on any atom is -0.328 e. The fraction of sp³-hybridized carbons (Fsp3) is 0.308. The minimum absolute atomic E-state index is 0.0839. The molecule has 0 atom stereocenters. The number of hydrogen-bond acceptors (Lipinski definition) is 3. The van der Waals surface area contributed by atoms with Crippen molar-refractivity contribution >= 4 is 29.3 Å². The van der Waals surface area contributed by atoms with Gasteiger partial charge in [-0.2, -0.15) is 0 Å². The van der Waals surface area contributed by atoms with Gasteiger partial charge in [0, 0.05) is 12.7 Å². The molecule has 1 aliphatic rings. The molecule has 1 saturated heterocycles. The standard InChI is InChI=1S/C13H15N3OS/c1-9(2)8-16-12(17)11(15-13(16)18)7-10-5-3-4-6-14-10/h3-7,9H,8H2,1-2H3,(H,15,18)/b11-7+. The van der Waals surface area contributed by atoms with E-state index in [4.69, 9.17) is 12.2 Å². The number of thiocarbonyl (C=S) groups is 1. The molecule has 1 fully saturated rings. The van der Waals surface area contributed by atoms with E-state index in [1.165, 1.54) is 0 Å². The number of hydrogen-bond donors (Lipinski definition) is 1. The van der Waals surface area contributed by atoms with Crippen LogP contribution in [0.2, 0.25) is 0 Å². The predicted octanol–water partition coefficient (Wildman–Crippen LogP) is 1.80. The Kier molecular flexibility index (Phi) is 3.72. The maximum Gasteiger partial charge on any atom is 0.276 e. The third-order valence-electron chi connectivity index (χ3n) is 2.49. The van der Waals surface area contributed by atoms with Crippen LogP contribution in [0.25, 0.3) is 6.08 Å². The Morgan fingerprint density at radius 2 is 2.28 bits per heavy atom. The van der Waals surface area contributed by atoms with Crippen LogP contribution in [0.1, 0.15) is 19.5 Å². The van der Waals surface area contributed by atoms with Gasteiger partial charge < -0.3 is 5.32 Å². The summed E-state index contributed by atoms with van der Waals surface area (Å²) in [5.41, 5.74) is 1.22. The Labute approximate surface area is 112 Å². The normalized spacial score (nSPS) is 17.7. The summed E-state index contributed by atoms with van der Waals surface area (Å²) < 4.78 is 0. The van der Waals surface area contributed by atoms with Gasteiger partial charge in [0.1, 0.15) is 5.70 Å². The van der Waals surface area contributed by atoms with E-state index in [0.717, 1.165) is 5.69 Å². The zero-order valence-corrected chi connectivity index (χ0v) is 11.2. The summed E-state index contributed by atoms with van der Waals surface area (Å²) in [6.07, 6.45) is 3.41. The highest BCUT2D eigenvalue weighted by molar-refractivity contribution is 7.80. The van der Waals surface area contributed by atoms with Crippen LogP contribution in [-0.4, -0.2) is 27.4 Å². The maximum atomic E-state index is 12.1. The second kappa shape index (κ2) is 5.27. The second-order valence-corrected chi connectivity index (χ2v) is 4.94.